The third-order valence-corrected chi connectivity index (χ3v) is 3.25. The predicted molar refractivity (Wildman–Crippen MR) is 62.3 cm³/mol. The van der Waals surface area contributed by atoms with Crippen molar-refractivity contribution in [1.29, 1.82) is 5.26 Å². The molecule has 0 aliphatic heterocycles. The van der Waals surface area contributed by atoms with Crippen LogP contribution in [0.4, 0.5) is 0 Å². The Hall–Kier alpha value is -1.86. The molecule has 0 aromatic heterocycles. The van der Waals surface area contributed by atoms with E-state index in [0.29, 0.717) is 24.9 Å². The van der Waals surface area contributed by atoms with Crippen LogP contribution >= 0.6 is 0 Å². The van der Waals surface area contributed by atoms with E-state index in [0.717, 1.165) is 11.1 Å². The largest absolute Gasteiger partial charge is 0.480 e. The molecular weight excluding hydrogens is 216 g/mol. The number of nitrogens with zero attached hydrogens (tertiary/aromatic N) is 1. The molecule has 1 aromatic rings. The molecule has 88 valence electrons. The van der Waals surface area contributed by atoms with E-state index in [4.69, 9.17) is 10.4 Å². The lowest BCUT2D eigenvalue weighted by atomic mass is 10.1. The maximum Gasteiger partial charge on any atom is 0.323 e. The van der Waals surface area contributed by atoms with E-state index in [1.807, 2.05) is 19.1 Å². The summed E-state index contributed by atoms with van der Waals surface area (Å²) < 4.78 is 0. The second-order valence-corrected chi connectivity index (χ2v) is 4.49. The Kier molecular flexibility index (Phi) is 2.86. The van der Waals surface area contributed by atoms with Gasteiger partial charge in [0.1, 0.15) is 5.54 Å². The van der Waals surface area contributed by atoms with Gasteiger partial charge < -0.3 is 5.11 Å². The summed E-state index contributed by atoms with van der Waals surface area (Å²) in [5.41, 5.74) is 1.97. The third kappa shape index (κ3) is 2.29. The van der Waals surface area contributed by atoms with Crippen LogP contribution in [-0.4, -0.2) is 16.6 Å². The first kappa shape index (κ1) is 11.6. The molecule has 0 heterocycles. The third-order valence-electron chi connectivity index (χ3n) is 3.25. The molecule has 1 aliphatic rings. The molecule has 1 saturated carbocycles. The number of carbonyl (C=O) groups is 1. The average Bonchev–Trinajstić information content (AvgIpc) is 3.08. The summed E-state index contributed by atoms with van der Waals surface area (Å²) in [5.74, 6) is -0.774. The van der Waals surface area contributed by atoms with Gasteiger partial charge in [0.2, 0.25) is 0 Å². The Morgan fingerprint density at radius 3 is 2.76 bits per heavy atom. The zero-order valence-corrected chi connectivity index (χ0v) is 9.66. The van der Waals surface area contributed by atoms with Crippen LogP contribution in [-0.2, 0) is 11.3 Å². The van der Waals surface area contributed by atoms with Gasteiger partial charge in [-0.2, -0.15) is 5.26 Å². The molecule has 17 heavy (non-hydrogen) atoms. The highest BCUT2D eigenvalue weighted by Gasteiger charge is 2.49. The lowest BCUT2D eigenvalue weighted by molar-refractivity contribution is -0.140. The van der Waals surface area contributed by atoms with Crippen LogP contribution in [0.1, 0.15) is 29.5 Å². The van der Waals surface area contributed by atoms with Crippen LogP contribution in [0.25, 0.3) is 0 Å². The van der Waals surface area contributed by atoms with Crippen LogP contribution < -0.4 is 5.32 Å². The predicted octanol–water partition coefficient (Wildman–Crippen LogP) is 1.57. The average molecular weight is 230 g/mol. The number of hydrogen-bond acceptors (Lipinski definition) is 3. The van der Waals surface area contributed by atoms with Gasteiger partial charge in [-0.1, -0.05) is 6.07 Å². The van der Waals surface area contributed by atoms with Gasteiger partial charge in [-0.3, -0.25) is 10.1 Å². The molecule has 0 atom stereocenters. The van der Waals surface area contributed by atoms with E-state index in [9.17, 15) is 4.79 Å². The summed E-state index contributed by atoms with van der Waals surface area (Å²) in [4.78, 5) is 11.0. The minimum atomic E-state index is -0.774. The Balaban J connectivity index is 2.05. The standard InChI is InChI=1S/C13H14N2O2/c1-9-6-10(7-14)2-3-11(9)8-15-13(4-5-13)12(16)17/h2-3,6,15H,4-5,8H2,1H3,(H,16,17). The van der Waals surface area contributed by atoms with Crippen molar-refractivity contribution in [1.82, 2.24) is 5.32 Å². The van der Waals surface area contributed by atoms with E-state index in [1.165, 1.54) is 0 Å². The van der Waals surface area contributed by atoms with Gasteiger partial charge >= 0.3 is 5.97 Å². The summed E-state index contributed by atoms with van der Waals surface area (Å²) in [6.07, 6.45) is 1.38. The minimum absolute atomic E-state index is 0.532. The van der Waals surface area contributed by atoms with Crippen LogP contribution in [0, 0.1) is 18.3 Å². The maximum atomic E-state index is 11.0. The Bertz CT molecular complexity index is 499. The molecule has 4 nitrogen and oxygen atoms in total. The SMILES string of the molecule is Cc1cc(C#N)ccc1CNC1(C(=O)O)CC1. The number of aryl methyl sites for hydroxylation is 1. The zero-order chi connectivity index (χ0) is 12.5. The van der Waals surface area contributed by atoms with Gasteiger partial charge in [-0.15, -0.1) is 0 Å². The molecule has 1 aliphatic carbocycles. The van der Waals surface area contributed by atoms with Gasteiger partial charge in [0.05, 0.1) is 11.6 Å². The Morgan fingerprint density at radius 2 is 2.29 bits per heavy atom. The van der Waals surface area contributed by atoms with Crippen molar-refractivity contribution in [2.24, 2.45) is 0 Å². The quantitative estimate of drug-likeness (QED) is 0.823. The zero-order valence-electron chi connectivity index (χ0n) is 9.66. The van der Waals surface area contributed by atoms with Crippen molar-refractivity contribution in [3.8, 4) is 6.07 Å². The molecule has 0 saturated heterocycles. The highest BCUT2D eigenvalue weighted by molar-refractivity contribution is 5.82. The molecule has 0 unspecified atom stereocenters. The molecule has 0 radical (unpaired) electrons. The van der Waals surface area contributed by atoms with Gasteiger partial charge in [-0.05, 0) is 43.0 Å². The first-order valence-corrected chi connectivity index (χ1v) is 5.55. The molecule has 2 rings (SSSR count). The number of nitriles is 1. The summed E-state index contributed by atoms with van der Waals surface area (Å²) in [6.45, 7) is 2.46. The molecule has 0 bridgehead atoms. The topological polar surface area (TPSA) is 73.1 Å². The van der Waals surface area contributed by atoms with Crippen molar-refractivity contribution in [3.05, 3.63) is 34.9 Å². The highest BCUT2D eigenvalue weighted by Crippen LogP contribution is 2.35. The number of aliphatic carboxylic acids is 1. The van der Waals surface area contributed by atoms with Crippen LogP contribution in [0.2, 0.25) is 0 Å². The number of benzene rings is 1. The number of nitrogens with one attached hydrogen (secondary N) is 1. The normalized spacial score (nSPS) is 16.2. The summed E-state index contributed by atoms with van der Waals surface area (Å²) in [6, 6.07) is 7.53. The van der Waals surface area contributed by atoms with E-state index in [2.05, 4.69) is 11.4 Å². The molecule has 1 aromatic carbocycles. The molecule has 1 fully saturated rings. The number of hydrogen-bond donors (Lipinski definition) is 2. The van der Waals surface area contributed by atoms with Crippen molar-refractivity contribution in [2.75, 3.05) is 0 Å². The van der Waals surface area contributed by atoms with Gasteiger partial charge in [0.25, 0.3) is 0 Å². The van der Waals surface area contributed by atoms with Crippen molar-refractivity contribution >= 4 is 5.97 Å². The van der Waals surface area contributed by atoms with E-state index >= 15 is 0 Å². The second kappa shape index (κ2) is 4.19. The number of rotatable bonds is 4. The highest BCUT2D eigenvalue weighted by atomic mass is 16.4. The van der Waals surface area contributed by atoms with Crippen molar-refractivity contribution in [2.45, 2.75) is 31.8 Å². The lowest BCUT2D eigenvalue weighted by Gasteiger charge is -2.13. The van der Waals surface area contributed by atoms with E-state index in [-0.39, 0.29) is 0 Å². The van der Waals surface area contributed by atoms with Crippen LogP contribution in [0.5, 0.6) is 0 Å². The molecule has 2 N–H and O–H groups in total. The summed E-state index contributed by atoms with van der Waals surface area (Å²) >= 11 is 0. The van der Waals surface area contributed by atoms with E-state index in [1.54, 1.807) is 6.07 Å². The summed E-state index contributed by atoms with van der Waals surface area (Å²) in [5, 5.41) is 20.9. The van der Waals surface area contributed by atoms with E-state index < -0.39 is 11.5 Å². The van der Waals surface area contributed by atoms with Crippen LogP contribution in [0.15, 0.2) is 18.2 Å². The summed E-state index contributed by atoms with van der Waals surface area (Å²) in [7, 11) is 0. The molecular formula is C13H14N2O2. The first-order chi connectivity index (χ1) is 8.07. The minimum Gasteiger partial charge on any atom is -0.480 e. The molecule has 0 spiro atoms. The van der Waals surface area contributed by atoms with Gasteiger partial charge in [-0.25, -0.2) is 0 Å². The van der Waals surface area contributed by atoms with Gasteiger partial charge in [0, 0.05) is 6.54 Å². The monoisotopic (exact) mass is 230 g/mol. The van der Waals surface area contributed by atoms with Crippen molar-refractivity contribution < 1.29 is 9.90 Å². The van der Waals surface area contributed by atoms with Crippen LogP contribution in [0.3, 0.4) is 0 Å². The molecule has 0 amide bonds. The lowest BCUT2D eigenvalue weighted by Crippen LogP contribution is -2.38. The molecule has 4 heteroatoms. The first-order valence-electron chi connectivity index (χ1n) is 5.55. The Labute approximate surface area is 99.9 Å². The Morgan fingerprint density at radius 1 is 1.59 bits per heavy atom. The fraction of sp³-hybridized carbons (Fsp3) is 0.385. The van der Waals surface area contributed by atoms with Crippen molar-refractivity contribution in [3.63, 3.8) is 0 Å². The fourth-order valence-corrected chi connectivity index (χ4v) is 1.82. The smallest absolute Gasteiger partial charge is 0.323 e. The fourth-order valence-electron chi connectivity index (χ4n) is 1.82. The number of carboxylic acid groups (broad SMARTS) is 1. The van der Waals surface area contributed by atoms with Gasteiger partial charge in [0.15, 0.2) is 0 Å². The maximum absolute atomic E-state index is 11.0. The second-order valence-electron chi connectivity index (χ2n) is 4.49. The number of carboxylic acids is 1.